The van der Waals surface area contributed by atoms with Crippen LogP contribution in [0.1, 0.15) is 35.7 Å². The molecule has 102 valence electrons. The quantitative estimate of drug-likeness (QED) is 0.867. The first-order valence-electron chi connectivity index (χ1n) is 6.26. The van der Waals surface area contributed by atoms with Crippen molar-refractivity contribution in [2.75, 3.05) is 0 Å². The third-order valence-electron chi connectivity index (χ3n) is 3.30. The number of imidazole rings is 1. The van der Waals surface area contributed by atoms with Gasteiger partial charge in [-0.1, -0.05) is 0 Å². The van der Waals surface area contributed by atoms with Gasteiger partial charge >= 0.3 is 0 Å². The smallest absolute Gasteiger partial charge is 0.225 e. The van der Waals surface area contributed by atoms with E-state index in [0.29, 0.717) is 6.42 Å². The van der Waals surface area contributed by atoms with Gasteiger partial charge in [-0.3, -0.25) is 9.48 Å². The Balaban J connectivity index is 2.02. The SMILES string of the molecule is Cc1nn(C)c(C)c1CC(=O)NC(C)c1ncc[nH]1. The summed E-state index contributed by atoms with van der Waals surface area (Å²) in [6.45, 7) is 5.80. The van der Waals surface area contributed by atoms with Crippen LogP contribution in [-0.2, 0) is 18.3 Å². The molecule has 0 saturated carbocycles. The van der Waals surface area contributed by atoms with Crippen molar-refractivity contribution in [3.05, 3.63) is 35.2 Å². The summed E-state index contributed by atoms with van der Waals surface area (Å²) in [5, 5.41) is 7.24. The van der Waals surface area contributed by atoms with Crippen LogP contribution >= 0.6 is 0 Å². The topological polar surface area (TPSA) is 75.6 Å². The number of hydrogen-bond acceptors (Lipinski definition) is 3. The lowest BCUT2D eigenvalue weighted by atomic mass is 10.1. The summed E-state index contributed by atoms with van der Waals surface area (Å²) in [4.78, 5) is 19.2. The van der Waals surface area contributed by atoms with Crippen LogP contribution in [0.2, 0.25) is 0 Å². The fraction of sp³-hybridized carbons (Fsp3) is 0.462. The van der Waals surface area contributed by atoms with Crippen LogP contribution < -0.4 is 5.32 Å². The second-order valence-electron chi connectivity index (χ2n) is 4.71. The van der Waals surface area contributed by atoms with Crippen LogP contribution in [0.15, 0.2) is 12.4 Å². The second kappa shape index (κ2) is 5.26. The van der Waals surface area contributed by atoms with E-state index >= 15 is 0 Å². The molecule has 0 saturated heterocycles. The van der Waals surface area contributed by atoms with E-state index in [1.807, 2.05) is 27.8 Å². The van der Waals surface area contributed by atoms with Crippen LogP contribution in [0.5, 0.6) is 0 Å². The van der Waals surface area contributed by atoms with Gasteiger partial charge in [0.2, 0.25) is 5.91 Å². The first-order valence-corrected chi connectivity index (χ1v) is 6.26. The zero-order valence-electron chi connectivity index (χ0n) is 11.7. The number of nitrogens with one attached hydrogen (secondary N) is 2. The molecule has 1 amide bonds. The Bertz CT molecular complexity index is 570. The molecule has 0 fully saturated rings. The molecule has 19 heavy (non-hydrogen) atoms. The summed E-state index contributed by atoms with van der Waals surface area (Å²) >= 11 is 0. The molecule has 0 radical (unpaired) electrons. The Kier molecular flexibility index (Phi) is 3.69. The van der Waals surface area contributed by atoms with Crippen molar-refractivity contribution in [3.63, 3.8) is 0 Å². The maximum absolute atomic E-state index is 12.0. The number of aryl methyl sites for hydroxylation is 2. The summed E-state index contributed by atoms with van der Waals surface area (Å²) < 4.78 is 1.80. The van der Waals surface area contributed by atoms with Gasteiger partial charge in [0.15, 0.2) is 0 Å². The summed E-state index contributed by atoms with van der Waals surface area (Å²) in [5.74, 6) is 0.732. The van der Waals surface area contributed by atoms with Gasteiger partial charge in [-0.25, -0.2) is 4.98 Å². The van der Waals surface area contributed by atoms with E-state index in [0.717, 1.165) is 22.8 Å². The van der Waals surface area contributed by atoms with Crippen LogP contribution in [0.3, 0.4) is 0 Å². The predicted octanol–water partition coefficient (Wildman–Crippen LogP) is 1.18. The second-order valence-corrected chi connectivity index (χ2v) is 4.71. The highest BCUT2D eigenvalue weighted by molar-refractivity contribution is 5.79. The largest absolute Gasteiger partial charge is 0.347 e. The Morgan fingerprint density at radius 1 is 1.53 bits per heavy atom. The number of carbonyl (C=O) groups excluding carboxylic acids is 1. The highest BCUT2D eigenvalue weighted by Crippen LogP contribution is 2.13. The van der Waals surface area contributed by atoms with Crippen molar-refractivity contribution in [1.29, 1.82) is 0 Å². The molecule has 0 aliphatic rings. The molecule has 2 rings (SSSR count). The minimum absolute atomic E-state index is 0.0249. The molecule has 6 nitrogen and oxygen atoms in total. The van der Waals surface area contributed by atoms with E-state index < -0.39 is 0 Å². The molecule has 2 N–H and O–H groups in total. The van der Waals surface area contributed by atoms with Gasteiger partial charge in [-0.05, 0) is 20.8 Å². The average molecular weight is 261 g/mol. The Hall–Kier alpha value is -2.11. The summed E-state index contributed by atoms with van der Waals surface area (Å²) in [6.07, 6.45) is 3.76. The van der Waals surface area contributed by atoms with E-state index in [1.54, 1.807) is 17.1 Å². The predicted molar refractivity (Wildman–Crippen MR) is 71.5 cm³/mol. The third kappa shape index (κ3) is 2.83. The fourth-order valence-electron chi connectivity index (χ4n) is 2.11. The number of nitrogens with zero attached hydrogens (tertiary/aromatic N) is 3. The van der Waals surface area contributed by atoms with E-state index in [-0.39, 0.29) is 11.9 Å². The van der Waals surface area contributed by atoms with Crippen LogP contribution in [0.4, 0.5) is 0 Å². The maximum Gasteiger partial charge on any atom is 0.225 e. The minimum Gasteiger partial charge on any atom is -0.347 e. The van der Waals surface area contributed by atoms with Gasteiger partial charge in [0.1, 0.15) is 5.82 Å². The third-order valence-corrected chi connectivity index (χ3v) is 3.30. The lowest BCUT2D eigenvalue weighted by Crippen LogP contribution is -2.29. The van der Waals surface area contributed by atoms with Crippen molar-refractivity contribution in [1.82, 2.24) is 25.1 Å². The van der Waals surface area contributed by atoms with Crippen molar-refractivity contribution >= 4 is 5.91 Å². The van der Waals surface area contributed by atoms with Gasteiger partial charge in [-0.15, -0.1) is 0 Å². The van der Waals surface area contributed by atoms with E-state index in [4.69, 9.17) is 0 Å². The molecular weight excluding hydrogens is 242 g/mol. The number of hydrogen-bond donors (Lipinski definition) is 2. The van der Waals surface area contributed by atoms with Crippen LogP contribution in [0.25, 0.3) is 0 Å². The van der Waals surface area contributed by atoms with Crippen molar-refractivity contribution < 1.29 is 4.79 Å². The standard InChI is InChI=1S/C13H19N5O/c1-8-11(10(3)18(4)17-8)7-12(19)16-9(2)13-14-5-6-15-13/h5-6,9H,7H2,1-4H3,(H,14,15)(H,16,19). The fourth-order valence-corrected chi connectivity index (χ4v) is 2.11. The molecule has 0 aromatic carbocycles. The number of carbonyl (C=O) groups is 1. The minimum atomic E-state index is -0.125. The molecule has 1 unspecified atom stereocenters. The number of aromatic amines is 1. The highest BCUT2D eigenvalue weighted by atomic mass is 16.1. The maximum atomic E-state index is 12.0. The molecule has 2 aromatic rings. The molecule has 2 heterocycles. The number of H-pyrrole nitrogens is 1. The van der Waals surface area contributed by atoms with E-state index in [2.05, 4.69) is 20.4 Å². The lowest BCUT2D eigenvalue weighted by molar-refractivity contribution is -0.121. The molecule has 2 aromatic heterocycles. The van der Waals surface area contributed by atoms with Crippen molar-refractivity contribution in [2.45, 2.75) is 33.2 Å². The summed E-state index contributed by atoms with van der Waals surface area (Å²) in [6, 6.07) is -0.125. The Morgan fingerprint density at radius 3 is 2.79 bits per heavy atom. The van der Waals surface area contributed by atoms with Gasteiger partial charge in [0.25, 0.3) is 0 Å². The van der Waals surface area contributed by atoms with E-state index in [9.17, 15) is 4.79 Å². The van der Waals surface area contributed by atoms with Crippen LogP contribution in [0, 0.1) is 13.8 Å². The van der Waals surface area contributed by atoms with Gasteiger partial charge < -0.3 is 10.3 Å². The average Bonchev–Trinajstić information content (AvgIpc) is 2.94. The van der Waals surface area contributed by atoms with Gasteiger partial charge in [-0.2, -0.15) is 5.10 Å². The number of aromatic nitrogens is 4. The lowest BCUT2D eigenvalue weighted by Gasteiger charge is -2.11. The molecule has 0 aliphatic heterocycles. The highest BCUT2D eigenvalue weighted by Gasteiger charge is 2.16. The van der Waals surface area contributed by atoms with Gasteiger partial charge in [0.05, 0.1) is 18.2 Å². The zero-order chi connectivity index (χ0) is 14.0. The van der Waals surface area contributed by atoms with E-state index in [1.165, 1.54) is 0 Å². The van der Waals surface area contributed by atoms with Crippen molar-refractivity contribution in [3.8, 4) is 0 Å². The monoisotopic (exact) mass is 261 g/mol. The summed E-state index contributed by atoms with van der Waals surface area (Å²) in [7, 11) is 1.88. The molecule has 0 aliphatic carbocycles. The first kappa shape index (κ1) is 13.3. The van der Waals surface area contributed by atoms with Crippen molar-refractivity contribution in [2.24, 2.45) is 7.05 Å². The molecular formula is C13H19N5O. The van der Waals surface area contributed by atoms with Crippen LogP contribution in [-0.4, -0.2) is 25.7 Å². The number of rotatable bonds is 4. The zero-order valence-corrected chi connectivity index (χ0v) is 11.7. The molecule has 0 bridgehead atoms. The molecule has 6 heteroatoms. The number of amides is 1. The normalized spacial score (nSPS) is 12.4. The molecule has 1 atom stereocenters. The summed E-state index contributed by atoms with van der Waals surface area (Å²) in [5.41, 5.74) is 2.92. The Morgan fingerprint density at radius 2 is 2.26 bits per heavy atom. The van der Waals surface area contributed by atoms with Gasteiger partial charge in [0, 0.05) is 30.7 Å². The Labute approximate surface area is 112 Å². The first-order chi connectivity index (χ1) is 8.99. The molecule has 0 spiro atoms.